The fourth-order valence-electron chi connectivity index (χ4n) is 4.43. The van der Waals surface area contributed by atoms with Crippen LogP contribution in [0.15, 0.2) is 60.0 Å². The molecule has 0 unspecified atom stereocenters. The third-order valence-electron chi connectivity index (χ3n) is 5.74. The summed E-state index contributed by atoms with van der Waals surface area (Å²) in [5.74, 6) is 1.54. The first-order chi connectivity index (χ1) is 14.3. The van der Waals surface area contributed by atoms with Crippen molar-refractivity contribution in [1.29, 1.82) is 0 Å². The molecule has 0 spiro atoms. The van der Waals surface area contributed by atoms with Crippen LogP contribution in [0.25, 0.3) is 10.9 Å². The summed E-state index contributed by atoms with van der Waals surface area (Å²) in [6.45, 7) is 0.906. The Hall–Kier alpha value is -3.25. The number of benzene rings is 2. The summed E-state index contributed by atoms with van der Waals surface area (Å²) in [6.07, 6.45) is 0.831. The van der Waals surface area contributed by atoms with Crippen LogP contribution in [0, 0.1) is 0 Å². The molecule has 6 heteroatoms. The van der Waals surface area contributed by atoms with E-state index < -0.39 is 0 Å². The van der Waals surface area contributed by atoms with Gasteiger partial charge in [-0.15, -0.1) is 11.3 Å². The van der Waals surface area contributed by atoms with E-state index in [9.17, 15) is 4.79 Å². The highest BCUT2D eigenvalue weighted by molar-refractivity contribution is 7.12. The van der Waals surface area contributed by atoms with Crippen molar-refractivity contribution in [3.8, 4) is 11.5 Å². The molecule has 2 aliphatic rings. The largest absolute Gasteiger partial charge is 0.454 e. The smallest absolute Gasteiger partial charge is 0.264 e. The summed E-state index contributed by atoms with van der Waals surface area (Å²) in [5, 5.41) is 3.18. The van der Waals surface area contributed by atoms with Crippen molar-refractivity contribution in [1.82, 2.24) is 9.88 Å². The highest BCUT2D eigenvalue weighted by atomic mass is 32.1. The van der Waals surface area contributed by atoms with Gasteiger partial charge in [0.1, 0.15) is 0 Å². The molecule has 2 aromatic heterocycles. The number of nitrogens with zero attached hydrogens (tertiary/aromatic N) is 1. The van der Waals surface area contributed by atoms with Crippen LogP contribution >= 0.6 is 11.3 Å². The zero-order valence-corrected chi connectivity index (χ0v) is 16.4. The van der Waals surface area contributed by atoms with E-state index in [2.05, 4.69) is 23.2 Å². The van der Waals surface area contributed by atoms with Gasteiger partial charge in [-0.05, 0) is 47.2 Å². The third kappa shape index (κ3) is 2.56. The summed E-state index contributed by atoms with van der Waals surface area (Å²) < 4.78 is 11.1. The third-order valence-corrected chi connectivity index (χ3v) is 6.60. The SMILES string of the molecule is O=C(c1cccs1)N1CCc2c([nH]c3ccccc23)[C@@H]1c1ccc2c(c1)OCO2. The van der Waals surface area contributed by atoms with E-state index in [1.807, 2.05) is 46.7 Å². The monoisotopic (exact) mass is 402 g/mol. The van der Waals surface area contributed by atoms with Gasteiger partial charge in [0.05, 0.1) is 10.9 Å². The van der Waals surface area contributed by atoms with Gasteiger partial charge in [0, 0.05) is 23.1 Å². The molecule has 29 heavy (non-hydrogen) atoms. The molecule has 0 aliphatic carbocycles. The number of rotatable bonds is 2. The minimum absolute atomic E-state index is 0.0620. The lowest BCUT2D eigenvalue weighted by molar-refractivity contribution is 0.0697. The van der Waals surface area contributed by atoms with Gasteiger partial charge in [0.2, 0.25) is 6.79 Å². The van der Waals surface area contributed by atoms with Gasteiger partial charge in [0.25, 0.3) is 5.91 Å². The maximum absolute atomic E-state index is 13.4. The summed E-state index contributed by atoms with van der Waals surface area (Å²) in [5.41, 5.74) is 4.50. The first kappa shape index (κ1) is 16.7. The number of carbonyl (C=O) groups is 1. The highest BCUT2D eigenvalue weighted by Gasteiger charge is 2.36. The van der Waals surface area contributed by atoms with E-state index >= 15 is 0 Å². The maximum Gasteiger partial charge on any atom is 0.264 e. The van der Waals surface area contributed by atoms with Gasteiger partial charge in [-0.3, -0.25) is 4.79 Å². The molecular formula is C23H18N2O3S. The van der Waals surface area contributed by atoms with Crippen molar-refractivity contribution in [2.45, 2.75) is 12.5 Å². The predicted molar refractivity (Wildman–Crippen MR) is 112 cm³/mol. The second kappa shape index (κ2) is 6.39. The molecule has 2 aromatic carbocycles. The van der Waals surface area contributed by atoms with Crippen LogP contribution in [-0.4, -0.2) is 29.1 Å². The summed E-state index contributed by atoms with van der Waals surface area (Å²) in [6, 6.07) is 17.9. The number of hydrogen-bond donors (Lipinski definition) is 1. The van der Waals surface area contributed by atoms with Gasteiger partial charge in [-0.25, -0.2) is 0 Å². The van der Waals surface area contributed by atoms with Crippen LogP contribution in [0.1, 0.15) is 32.5 Å². The van der Waals surface area contributed by atoms with Crippen LogP contribution in [0.2, 0.25) is 0 Å². The number of carbonyl (C=O) groups excluding carboxylic acids is 1. The summed E-state index contributed by atoms with van der Waals surface area (Å²) in [4.78, 5) is 19.7. The van der Waals surface area contributed by atoms with Gasteiger partial charge in [-0.2, -0.15) is 0 Å². The number of thiophene rings is 1. The van der Waals surface area contributed by atoms with E-state index in [0.29, 0.717) is 6.54 Å². The number of aromatic nitrogens is 1. The van der Waals surface area contributed by atoms with Gasteiger partial charge < -0.3 is 19.4 Å². The normalized spacial score (nSPS) is 17.5. The number of para-hydroxylation sites is 1. The van der Waals surface area contributed by atoms with E-state index in [4.69, 9.17) is 9.47 Å². The summed E-state index contributed by atoms with van der Waals surface area (Å²) >= 11 is 1.48. The van der Waals surface area contributed by atoms with Crippen LogP contribution in [-0.2, 0) is 6.42 Å². The Labute approximate surface area is 171 Å². The Morgan fingerprint density at radius 3 is 2.86 bits per heavy atom. The Morgan fingerprint density at radius 1 is 1.07 bits per heavy atom. The molecule has 4 heterocycles. The maximum atomic E-state index is 13.4. The number of amides is 1. The predicted octanol–water partition coefficient (Wildman–Crippen LogP) is 4.75. The van der Waals surface area contributed by atoms with Crippen molar-refractivity contribution in [2.75, 3.05) is 13.3 Å². The lowest BCUT2D eigenvalue weighted by atomic mass is 9.92. The van der Waals surface area contributed by atoms with Crippen LogP contribution in [0.4, 0.5) is 0 Å². The standard InChI is InChI=1S/C23H18N2O3S/c26-23(20-6-3-11-29-20)25-10-9-16-15-4-1-2-5-17(15)24-21(16)22(25)14-7-8-18-19(12-14)28-13-27-18/h1-8,11-12,22,24H,9-10,13H2/t22-/m0/s1. The van der Waals surface area contributed by atoms with E-state index in [1.165, 1.54) is 22.3 Å². The molecule has 2 aliphatic heterocycles. The molecule has 0 bridgehead atoms. The first-order valence-electron chi connectivity index (χ1n) is 9.63. The van der Waals surface area contributed by atoms with Gasteiger partial charge in [0.15, 0.2) is 11.5 Å². The lowest BCUT2D eigenvalue weighted by Gasteiger charge is -2.36. The summed E-state index contributed by atoms with van der Waals surface area (Å²) in [7, 11) is 0. The Balaban J connectivity index is 1.53. The Bertz CT molecular complexity index is 1230. The molecule has 1 N–H and O–H groups in total. The van der Waals surface area contributed by atoms with Crippen molar-refractivity contribution in [3.05, 3.63) is 81.7 Å². The molecule has 0 saturated carbocycles. The molecule has 0 fully saturated rings. The average Bonchev–Trinajstić information content (AvgIpc) is 3.51. The van der Waals surface area contributed by atoms with Crippen molar-refractivity contribution in [2.24, 2.45) is 0 Å². The molecule has 1 amide bonds. The van der Waals surface area contributed by atoms with Gasteiger partial charge in [-0.1, -0.05) is 30.3 Å². The van der Waals surface area contributed by atoms with Crippen molar-refractivity contribution in [3.63, 3.8) is 0 Å². The van der Waals surface area contributed by atoms with E-state index in [1.54, 1.807) is 0 Å². The Morgan fingerprint density at radius 2 is 1.97 bits per heavy atom. The first-order valence-corrected chi connectivity index (χ1v) is 10.5. The molecule has 0 radical (unpaired) electrons. The van der Waals surface area contributed by atoms with Gasteiger partial charge >= 0.3 is 0 Å². The van der Waals surface area contributed by atoms with Crippen LogP contribution < -0.4 is 9.47 Å². The number of fused-ring (bicyclic) bond motifs is 4. The number of aromatic amines is 1. The van der Waals surface area contributed by atoms with Crippen LogP contribution in [0.5, 0.6) is 11.5 Å². The zero-order valence-electron chi connectivity index (χ0n) is 15.6. The Kier molecular flexibility index (Phi) is 3.67. The number of H-pyrrole nitrogens is 1. The second-order valence-electron chi connectivity index (χ2n) is 7.30. The topological polar surface area (TPSA) is 54.6 Å². The average molecular weight is 402 g/mol. The minimum atomic E-state index is -0.199. The van der Waals surface area contributed by atoms with E-state index in [0.717, 1.165) is 39.6 Å². The molecule has 4 aromatic rings. The lowest BCUT2D eigenvalue weighted by Crippen LogP contribution is -2.40. The number of nitrogens with one attached hydrogen (secondary N) is 1. The zero-order chi connectivity index (χ0) is 19.4. The van der Waals surface area contributed by atoms with Crippen molar-refractivity contribution >= 4 is 28.1 Å². The fourth-order valence-corrected chi connectivity index (χ4v) is 5.11. The van der Waals surface area contributed by atoms with Crippen LogP contribution in [0.3, 0.4) is 0 Å². The molecule has 5 nitrogen and oxygen atoms in total. The molecular weight excluding hydrogens is 384 g/mol. The second-order valence-corrected chi connectivity index (χ2v) is 8.25. The highest BCUT2D eigenvalue weighted by Crippen LogP contribution is 2.42. The number of hydrogen-bond acceptors (Lipinski definition) is 4. The van der Waals surface area contributed by atoms with E-state index in [-0.39, 0.29) is 18.7 Å². The fraction of sp³-hybridized carbons (Fsp3) is 0.174. The molecule has 0 saturated heterocycles. The molecule has 1 atom stereocenters. The quantitative estimate of drug-likeness (QED) is 0.527. The number of ether oxygens (including phenoxy) is 2. The van der Waals surface area contributed by atoms with Crippen molar-refractivity contribution < 1.29 is 14.3 Å². The molecule has 144 valence electrons. The molecule has 6 rings (SSSR count). The minimum Gasteiger partial charge on any atom is -0.454 e.